The Bertz CT molecular complexity index is 859. The fourth-order valence-electron chi connectivity index (χ4n) is 2.29. The third-order valence-electron chi connectivity index (χ3n) is 3.28. The highest BCUT2D eigenvalue weighted by molar-refractivity contribution is 5.98. The first-order valence-corrected chi connectivity index (χ1v) is 6.93. The monoisotopic (exact) mass is 310 g/mol. The van der Waals surface area contributed by atoms with Crippen molar-refractivity contribution in [2.24, 2.45) is 0 Å². The van der Waals surface area contributed by atoms with E-state index in [0.717, 1.165) is 5.56 Å². The Morgan fingerprint density at radius 3 is 2.78 bits per heavy atom. The lowest BCUT2D eigenvalue weighted by Crippen LogP contribution is -2.29. The van der Waals surface area contributed by atoms with E-state index in [2.05, 4.69) is 20.4 Å². The summed E-state index contributed by atoms with van der Waals surface area (Å²) < 4.78 is 1.45. The molecule has 2 heterocycles. The second-order valence-electron chi connectivity index (χ2n) is 4.80. The van der Waals surface area contributed by atoms with Crippen LogP contribution in [-0.4, -0.2) is 38.5 Å². The minimum Gasteiger partial charge on any atom is -0.383 e. The molecule has 0 aliphatic rings. The van der Waals surface area contributed by atoms with Gasteiger partial charge in [-0.25, -0.2) is 14.6 Å². The average molecular weight is 310 g/mol. The fraction of sp³-hybridized carbons (Fsp3) is 0.133. The molecule has 0 atom stereocenters. The molecule has 0 bridgehead atoms. The number of hydrogen-bond donors (Lipinski definition) is 2. The lowest BCUT2D eigenvalue weighted by molar-refractivity contribution is -0.123. The maximum atomic E-state index is 11.8. The van der Waals surface area contributed by atoms with Gasteiger partial charge >= 0.3 is 0 Å². The van der Waals surface area contributed by atoms with Crippen molar-refractivity contribution in [1.29, 1.82) is 0 Å². The summed E-state index contributed by atoms with van der Waals surface area (Å²) in [6.45, 7) is -0.103. The quantitative estimate of drug-likeness (QED) is 0.659. The van der Waals surface area contributed by atoms with E-state index in [-0.39, 0.29) is 19.0 Å². The van der Waals surface area contributed by atoms with Crippen molar-refractivity contribution in [1.82, 2.24) is 25.1 Å². The first-order chi connectivity index (χ1) is 11.2. The third-order valence-corrected chi connectivity index (χ3v) is 3.28. The van der Waals surface area contributed by atoms with E-state index in [9.17, 15) is 9.59 Å². The van der Waals surface area contributed by atoms with E-state index in [1.54, 1.807) is 0 Å². The van der Waals surface area contributed by atoms with Crippen LogP contribution in [0.1, 0.15) is 0 Å². The Morgan fingerprint density at radius 2 is 2.04 bits per heavy atom. The maximum Gasteiger partial charge on any atom is 0.242 e. The number of benzene rings is 1. The number of carbonyl (C=O) groups excluding carboxylic acids is 2. The number of rotatable bonds is 5. The number of amides is 1. The van der Waals surface area contributed by atoms with Crippen LogP contribution >= 0.6 is 0 Å². The van der Waals surface area contributed by atoms with Gasteiger partial charge in [-0.05, 0) is 0 Å². The van der Waals surface area contributed by atoms with Gasteiger partial charge in [0, 0.05) is 5.56 Å². The van der Waals surface area contributed by atoms with Crippen molar-refractivity contribution >= 4 is 29.0 Å². The molecule has 0 aliphatic heterocycles. The van der Waals surface area contributed by atoms with Gasteiger partial charge in [0.05, 0.1) is 11.9 Å². The molecule has 116 valence electrons. The van der Waals surface area contributed by atoms with Crippen LogP contribution in [0.3, 0.4) is 0 Å². The van der Waals surface area contributed by atoms with Gasteiger partial charge in [-0.2, -0.15) is 5.10 Å². The van der Waals surface area contributed by atoms with E-state index < -0.39 is 0 Å². The van der Waals surface area contributed by atoms with Crippen LogP contribution in [-0.2, 0) is 16.1 Å². The molecule has 1 amide bonds. The molecular weight excluding hydrogens is 296 g/mol. The van der Waals surface area contributed by atoms with Crippen LogP contribution < -0.4 is 11.1 Å². The van der Waals surface area contributed by atoms with Crippen LogP contribution in [0, 0.1) is 0 Å². The van der Waals surface area contributed by atoms with Gasteiger partial charge in [-0.1, -0.05) is 30.3 Å². The Balaban J connectivity index is 2.08. The first-order valence-electron chi connectivity index (χ1n) is 6.93. The minimum atomic E-state index is -0.335. The van der Waals surface area contributed by atoms with E-state index in [0.29, 0.717) is 28.8 Å². The molecule has 8 heteroatoms. The van der Waals surface area contributed by atoms with E-state index in [1.165, 1.54) is 11.0 Å². The van der Waals surface area contributed by atoms with Crippen molar-refractivity contribution in [3.8, 4) is 11.3 Å². The lowest BCUT2D eigenvalue weighted by Gasteiger charge is -2.02. The molecule has 3 rings (SSSR count). The number of aldehydes is 1. The molecule has 0 fully saturated rings. The van der Waals surface area contributed by atoms with E-state index in [4.69, 9.17) is 5.73 Å². The maximum absolute atomic E-state index is 11.8. The number of nitrogens with two attached hydrogens (primary N) is 1. The van der Waals surface area contributed by atoms with Gasteiger partial charge < -0.3 is 15.8 Å². The summed E-state index contributed by atoms with van der Waals surface area (Å²) in [6.07, 6.45) is 1.95. The smallest absolute Gasteiger partial charge is 0.242 e. The van der Waals surface area contributed by atoms with Crippen LogP contribution in [0.5, 0.6) is 0 Å². The number of nitrogens with one attached hydrogen (secondary N) is 1. The van der Waals surface area contributed by atoms with Gasteiger partial charge in [0.1, 0.15) is 30.7 Å². The fourth-order valence-corrected chi connectivity index (χ4v) is 2.29. The number of nitrogen functional groups attached to an aromatic ring is 1. The SMILES string of the molecule is Nc1ncnc2c1c(-c1ccccc1)nn2CC(=O)NCC=O. The highest BCUT2D eigenvalue weighted by Gasteiger charge is 2.18. The standard InChI is InChI=1S/C15H14N6O2/c16-14-12-13(10-4-2-1-3-5-10)20-21(15(12)19-9-18-14)8-11(23)17-6-7-22/h1-5,7,9H,6,8H2,(H,17,23)(H2,16,18,19). The average Bonchev–Trinajstić information content (AvgIpc) is 2.94. The van der Waals surface area contributed by atoms with Crippen molar-refractivity contribution < 1.29 is 9.59 Å². The van der Waals surface area contributed by atoms with Crippen molar-refractivity contribution in [3.63, 3.8) is 0 Å². The Morgan fingerprint density at radius 1 is 1.26 bits per heavy atom. The molecule has 0 radical (unpaired) electrons. The lowest BCUT2D eigenvalue weighted by atomic mass is 10.1. The Kier molecular flexibility index (Phi) is 3.96. The van der Waals surface area contributed by atoms with Gasteiger partial charge in [0.25, 0.3) is 0 Å². The van der Waals surface area contributed by atoms with Crippen molar-refractivity contribution in [3.05, 3.63) is 36.7 Å². The number of anilines is 1. The second kappa shape index (κ2) is 6.22. The molecule has 2 aromatic heterocycles. The summed E-state index contributed by atoms with van der Waals surface area (Å²) in [5.41, 5.74) is 7.90. The number of aromatic nitrogens is 4. The van der Waals surface area contributed by atoms with Crippen LogP contribution in [0.4, 0.5) is 5.82 Å². The molecule has 3 aromatic rings. The molecule has 1 aromatic carbocycles. The predicted molar refractivity (Wildman–Crippen MR) is 84.2 cm³/mol. The number of carbonyl (C=O) groups is 2. The molecule has 0 aliphatic carbocycles. The number of fused-ring (bicyclic) bond motifs is 1. The summed E-state index contributed by atoms with van der Waals surface area (Å²) in [5, 5.41) is 7.52. The zero-order valence-electron chi connectivity index (χ0n) is 12.1. The summed E-state index contributed by atoms with van der Waals surface area (Å²) in [4.78, 5) is 30.4. The molecular formula is C15H14N6O2. The number of hydrogen-bond acceptors (Lipinski definition) is 6. The van der Waals surface area contributed by atoms with Gasteiger partial charge in [0.2, 0.25) is 5.91 Å². The molecule has 0 saturated heterocycles. The zero-order valence-corrected chi connectivity index (χ0v) is 12.1. The molecule has 23 heavy (non-hydrogen) atoms. The highest BCUT2D eigenvalue weighted by Crippen LogP contribution is 2.29. The molecule has 0 saturated carbocycles. The van der Waals surface area contributed by atoms with Gasteiger partial charge in [-0.15, -0.1) is 0 Å². The summed E-state index contributed by atoms with van der Waals surface area (Å²) in [5.74, 6) is -0.0355. The summed E-state index contributed by atoms with van der Waals surface area (Å²) >= 11 is 0. The normalized spacial score (nSPS) is 10.6. The van der Waals surface area contributed by atoms with Crippen molar-refractivity contribution in [2.45, 2.75) is 6.54 Å². The molecule has 0 spiro atoms. The Labute approximate surface area is 131 Å². The van der Waals surface area contributed by atoms with E-state index >= 15 is 0 Å². The van der Waals surface area contributed by atoms with Gasteiger partial charge in [0.15, 0.2) is 5.65 Å². The van der Waals surface area contributed by atoms with Gasteiger partial charge in [-0.3, -0.25) is 4.79 Å². The summed E-state index contributed by atoms with van der Waals surface area (Å²) in [7, 11) is 0. The molecule has 0 unspecified atom stereocenters. The molecule has 8 nitrogen and oxygen atoms in total. The zero-order chi connectivity index (χ0) is 16.2. The predicted octanol–water partition coefficient (Wildman–Crippen LogP) is 0.391. The molecule has 3 N–H and O–H groups in total. The highest BCUT2D eigenvalue weighted by atomic mass is 16.2. The van der Waals surface area contributed by atoms with Crippen molar-refractivity contribution in [2.75, 3.05) is 12.3 Å². The largest absolute Gasteiger partial charge is 0.383 e. The Hall–Kier alpha value is -3.29. The van der Waals surface area contributed by atoms with E-state index in [1.807, 2.05) is 30.3 Å². The second-order valence-corrected chi connectivity index (χ2v) is 4.80. The van der Waals surface area contributed by atoms with Crippen LogP contribution in [0.2, 0.25) is 0 Å². The first kappa shape index (κ1) is 14.6. The van der Waals surface area contributed by atoms with Crippen LogP contribution in [0.25, 0.3) is 22.3 Å². The van der Waals surface area contributed by atoms with Crippen LogP contribution in [0.15, 0.2) is 36.7 Å². The topological polar surface area (TPSA) is 116 Å². The summed E-state index contributed by atoms with van der Waals surface area (Å²) in [6, 6.07) is 9.46. The minimum absolute atomic E-state index is 0.0410. The third kappa shape index (κ3) is 2.86. The number of nitrogens with zero attached hydrogens (tertiary/aromatic N) is 4.